The summed E-state index contributed by atoms with van der Waals surface area (Å²) < 4.78 is 0. The van der Waals surface area contributed by atoms with Crippen LogP contribution >= 0.6 is 0 Å². The van der Waals surface area contributed by atoms with Gasteiger partial charge in [-0.2, -0.15) is 0 Å². The van der Waals surface area contributed by atoms with E-state index in [-0.39, 0.29) is 0 Å². The summed E-state index contributed by atoms with van der Waals surface area (Å²) in [5.74, 6) is 0. The first-order chi connectivity index (χ1) is 8.83. The second kappa shape index (κ2) is 4.97. The molecule has 1 saturated carbocycles. The Balaban J connectivity index is 1.92. The van der Waals surface area contributed by atoms with Crippen molar-refractivity contribution in [3.05, 3.63) is 36.0 Å². The topological polar surface area (TPSA) is 24.9 Å². The number of hydrogen-bond acceptors (Lipinski definition) is 2. The Morgan fingerprint density at radius 2 is 1.89 bits per heavy atom. The van der Waals surface area contributed by atoms with E-state index in [4.69, 9.17) is 0 Å². The smallest absolute Gasteiger partial charge is 0.0936 e. The van der Waals surface area contributed by atoms with E-state index in [1.165, 1.54) is 43.2 Å². The van der Waals surface area contributed by atoms with Crippen LogP contribution in [0.1, 0.15) is 37.8 Å². The molecule has 18 heavy (non-hydrogen) atoms. The molecule has 2 aromatic rings. The minimum Gasteiger partial charge on any atom is -0.381 e. The normalized spacial score (nSPS) is 16.9. The van der Waals surface area contributed by atoms with Crippen molar-refractivity contribution in [3.63, 3.8) is 0 Å². The van der Waals surface area contributed by atoms with Crippen molar-refractivity contribution < 1.29 is 0 Å². The van der Waals surface area contributed by atoms with E-state index in [1.807, 2.05) is 0 Å². The van der Waals surface area contributed by atoms with Gasteiger partial charge < -0.3 is 5.32 Å². The molecule has 1 aromatic carbocycles. The van der Waals surface area contributed by atoms with Crippen LogP contribution in [0, 0.1) is 6.92 Å². The molecule has 0 unspecified atom stereocenters. The highest BCUT2D eigenvalue weighted by Crippen LogP contribution is 2.26. The van der Waals surface area contributed by atoms with Gasteiger partial charge in [0.1, 0.15) is 0 Å². The summed E-state index contributed by atoms with van der Waals surface area (Å²) in [7, 11) is 0. The zero-order valence-corrected chi connectivity index (χ0v) is 10.9. The first kappa shape index (κ1) is 11.5. The molecule has 3 rings (SSSR count). The van der Waals surface area contributed by atoms with Crippen LogP contribution in [0.5, 0.6) is 0 Å². The molecule has 0 saturated heterocycles. The van der Waals surface area contributed by atoms with Crippen molar-refractivity contribution in [1.82, 2.24) is 4.98 Å². The summed E-state index contributed by atoms with van der Waals surface area (Å²) in [4.78, 5) is 4.68. The number of para-hydroxylation sites is 1. The first-order valence-corrected chi connectivity index (χ1v) is 6.96. The van der Waals surface area contributed by atoms with Crippen LogP contribution in [-0.4, -0.2) is 11.0 Å². The number of hydrogen-bond donors (Lipinski definition) is 1. The predicted octanol–water partition coefficient (Wildman–Crippen LogP) is 4.29. The molecule has 0 bridgehead atoms. The minimum absolute atomic E-state index is 0.631. The van der Waals surface area contributed by atoms with Gasteiger partial charge in [-0.1, -0.05) is 37.5 Å². The standard InChI is InChI=1S/C16H20N2/c1-12-10-11-13-6-5-9-15(16(13)17-12)18-14-7-3-2-4-8-14/h5-6,9-11,14,18H,2-4,7-8H2,1H3. The van der Waals surface area contributed by atoms with E-state index in [1.54, 1.807) is 0 Å². The van der Waals surface area contributed by atoms with Gasteiger partial charge in [-0.3, -0.25) is 4.98 Å². The molecule has 1 heterocycles. The number of aromatic nitrogens is 1. The third kappa shape index (κ3) is 2.33. The fourth-order valence-electron chi connectivity index (χ4n) is 2.83. The number of pyridine rings is 1. The second-order valence-corrected chi connectivity index (χ2v) is 5.31. The van der Waals surface area contributed by atoms with Gasteiger partial charge in [0.15, 0.2) is 0 Å². The molecule has 2 heteroatoms. The summed E-state index contributed by atoms with van der Waals surface area (Å²) in [6.07, 6.45) is 6.69. The van der Waals surface area contributed by atoms with Crippen molar-refractivity contribution in [2.75, 3.05) is 5.32 Å². The van der Waals surface area contributed by atoms with E-state index in [0.29, 0.717) is 6.04 Å². The van der Waals surface area contributed by atoms with Crippen molar-refractivity contribution >= 4 is 16.6 Å². The number of anilines is 1. The molecular formula is C16H20N2. The fourth-order valence-corrected chi connectivity index (χ4v) is 2.83. The number of benzene rings is 1. The Kier molecular flexibility index (Phi) is 3.18. The van der Waals surface area contributed by atoms with Crippen LogP contribution in [0.2, 0.25) is 0 Å². The van der Waals surface area contributed by atoms with Gasteiger partial charge in [0.05, 0.1) is 11.2 Å². The molecule has 1 fully saturated rings. The molecule has 0 radical (unpaired) electrons. The molecule has 1 aliphatic carbocycles. The first-order valence-electron chi connectivity index (χ1n) is 6.96. The van der Waals surface area contributed by atoms with E-state index in [0.717, 1.165) is 11.2 Å². The van der Waals surface area contributed by atoms with Gasteiger partial charge in [-0.05, 0) is 31.9 Å². The zero-order chi connectivity index (χ0) is 12.4. The number of nitrogens with zero attached hydrogens (tertiary/aromatic N) is 1. The van der Waals surface area contributed by atoms with Crippen molar-refractivity contribution in [1.29, 1.82) is 0 Å². The molecule has 0 spiro atoms. The molecule has 0 aliphatic heterocycles. The highest BCUT2D eigenvalue weighted by molar-refractivity contribution is 5.90. The molecular weight excluding hydrogens is 220 g/mol. The molecule has 1 aromatic heterocycles. The van der Waals surface area contributed by atoms with Gasteiger partial charge >= 0.3 is 0 Å². The monoisotopic (exact) mass is 240 g/mol. The summed E-state index contributed by atoms with van der Waals surface area (Å²) in [5, 5.41) is 4.91. The van der Waals surface area contributed by atoms with Crippen LogP contribution in [0.15, 0.2) is 30.3 Å². The van der Waals surface area contributed by atoms with Crippen LogP contribution in [-0.2, 0) is 0 Å². The SMILES string of the molecule is Cc1ccc2cccc(NC3CCCCC3)c2n1. The Labute approximate surface area is 108 Å². The maximum atomic E-state index is 4.68. The molecule has 0 atom stereocenters. The third-order valence-electron chi connectivity index (χ3n) is 3.82. The largest absolute Gasteiger partial charge is 0.381 e. The lowest BCUT2D eigenvalue weighted by atomic mass is 9.95. The number of rotatable bonds is 2. The average Bonchev–Trinajstić information content (AvgIpc) is 2.41. The predicted molar refractivity (Wildman–Crippen MR) is 77.0 cm³/mol. The van der Waals surface area contributed by atoms with Gasteiger partial charge in [0.25, 0.3) is 0 Å². The average molecular weight is 240 g/mol. The quantitative estimate of drug-likeness (QED) is 0.847. The van der Waals surface area contributed by atoms with E-state index < -0.39 is 0 Å². The van der Waals surface area contributed by atoms with Crippen LogP contribution in [0.3, 0.4) is 0 Å². The summed E-state index contributed by atoms with van der Waals surface area (Å²) in [5.41, 5.74) is 3.39. The van der Waals surface area contributed by atoms with Gasteiger partial charge in [-0.15, -0.1) is 0 Å². The van der Waals surface area contributed by atoms with E-state index >= 15 is 0 Å². The summed E-state index contributed by atoms with van der Waals surface area (Å²) >= 11 is 0. The lowest BCUT2D eigenvalue weighted by Gasteiger charge is -2.24. The number of nitrogens with one attached hydrogen (secondary N) is 1. The van der Waals surface area contributed by atoms with Gasteiger partial charge in [0, 0.05) is 17.1 Å². The molecule has 0 amide bonds. The summed E-state index contributed by atoms with van der Waals surface area (Å²) in [6.45, 7) is 2.05. The number of aryl methyl sites for hydroxylation is 1. The highest BCUT2D eigenvalue weighted by atomic mass is 14.9. The highest BCUT2D eigenvalue weighted by Gasteiger charge is 2.14. The van der Waals surface area contributed by atoms with Crippen LogP contribution in [0.4, 0.5) is 5.69 Å². The fraction of sp³-hybridized carbons (Fsp3) is 0.438. The summed E-state index contributed by atoms with van der Waals surface area (Å²) in [6, 6.07) is 11.3. The van der Waals surface area contributed by atoms with Gasteiger partial charge in [0.2, 0.25) is 0 Å². The Morgan fingerprint density at radius 1 is 1.06 bits per heavy atom. The van der Waals surface area contributed by atoms with Crippen LogP contribution < -0.4 is 5.32 Å². The maximum absolute atomic E-state index is 4.68. The van der Waals surface area contributed by atoms with Crippen molar-refractivity contribution in [3.8, 4) is 0 Å². The third-order valence-corrected chi connectivity index (χ3v) is 3.82. The Hall–Kier alpha value is -1.57. The van der Waals surface area contributed by atoms with Crippen molar-refractivity contribution in [2.45, 2.75) is 45.1 Å². The lowest BCUT2D eigenvalue weighted by Crippen LogP contribution is -2.22. The Morgan fingerprint density at radius 3 is 2.72 bits per heavy atom. The molecule has 1 N–H and O–H groups in total. The van der Waals surface area contributed by atoms with Crippen molar-refractivity contribution in [2.24, 2.45) is 0 Å². The van der Waals surface area contributed by atoms with E-state index in [9.17, 15) is 0 Å². The van der Waals surface area contributed by atoms with Gasteiger partial charge in [-0.25, -0.2) is 0 Å². The molecule has 1 aliphatic rings. The second-order valence-electron chi connectivity index (χ2n) is 5.31. The Bertz CT molecular complexity index is 542. The number of fused-ring (bicyclic) bond motifs is 1. The lowest BCUT2D eigenvalue weighted by molar-refractivity contribution is 0.463. The zero-order valence-electron chi connectivity index (χ0n) is 10.9. The van der Waals surface area contributed by atoms with Crippen LogP contribution in [0.25, 0.3) is 10.9 Å². The maximum Gasteiger partial charge on any atom is 0.0936 e. The minimum atomic E-state index is 0.631. The molecule has 2 nitrogen and oxygen atoms in total. The van der Waals surface area contributed by atoms with E-state index in [2.05, 4.69) is 47.6 Å². The molecule has 94 valence electrons.